The van der Waals surface area contributed by atoms with Crippen LogP contribution in [0.4, 0.5) is 4.79 Å². The summed E-state index contributed by atoms with van der Waals surface area (Å²) in [7, 11) is 1.55. The molecule has 1 aromatic rings. The van der Waals surface area contributed by atoms with E-state index in [0.717, 1.165) is 0 Å². The molecule has 1 atom stereocenters. The first-order valence-electron chi connectivity index (χ1n) is 4.94. The maximum atomic E-state index is 11.3. The van der Waals surface area contributed by atoms with Crippen molar-refractivity contribution in [1.29, 1.82) is 0 Å². The van der Waals surface area contributed by atoms with Crippen LogP contribution in [0, 0.1) is 0 Å². The van der Waals surface area contributed by atoms with Crippen molar-refractivity contribution in [2.24, 2.45) is 5.73 Å². The molecule has 0 aromatic heterocycles. The monoisotopic (exact) mass is 238 g/mol. The van der Waals surface area contributed by atoms with Gasteiger partial charge < -0.3 is 15.2 Å². The van der Waals surface area contributed by atoms with Gasteiger partial charge in [-0.05, 0) is 31.2 Å². The zero-order valence-corrected chi connectivity index (χ0v) is 9.60. The van der Waals surface area contributed by atoms with E-state index in [1.54, 1.807) is 31.4 Å². The Labute approximate surface area is 98.7 Å². The van der Waals surface area contributed by atoms with Gasteiger partial charge in [0.15, 0.2) is 6.10 Å². The predicted molar refractivity (Wildman–Crippen MR) is 60.8 cm³/mol. The van der Waals surface area contributed by atoms with Gasteiger partial charge in [0.2, 0.25) is 0 Å². The SMILES string of the molecule is COc1ccc(O[C@@H](C)C(=O)NC(N)=O)cc1. The summed E-state index contributed by atoms with van der Waals surface area (Å²) in [6, 6.07) is 5.82. The molecule has 0 fully saturated rings. The number of rotatable bonds is 4. The quantitative estimate of drug-likeness (QED) is 0.806. The Balaban J connectivity index is 2.57. The molecule has 3 N–H and O–H groups in total. The highest BCUT2D eigenvalue weighted by molar-refractivity contribution is 5.95. The molecule has 3 amide bonds. The third kappa shape index (κ3) is 4.02. The second kappa shape index (κ2) is 5.74. The molecule has 0 bridgehead atoms. The Hall–Kier alpha value is -2.24. The first-order valence-corrected chi connectivity index (χ1v) is 4.94. The fraction of sp³-hybridized carbons (Fsp3) is 0.273. The Morgan fingerprint density at radius 3 is 2.24 bits per heavy atom. The molecular formula is C11H14N2O4. The average Bonchev–Trinajstić information content (AvgIpc) is 2.29. The van der Waals surface area contributed by atoms with Crippen LogP contribution in [0.1, 0.15) is 6.92 Å². The molecule has 0 saturated carbocycles. The molecule has 6 heteroatoms. The van der Waals surface area contributed by atoms with Gasteiger partial charge in [-0.15, -0.1) is 0 Å². The van der Waals surface area contributed by atoms with Crippen LogP contribution < -0.4 is 20.5 Å². The van der Waals surface area contributed by atoms with E-state index in [0.29, 0.717) is 11.5 Å². The summed E-state index contributed by atoms with van der Waals surface area (Å²) in [4.78, 5) is 21.8. The van der Waals surface area contributed by atoms with Gasteiger partial charge in [-0.25, -0.2) is 4.79 Å². The lowest BCUT2D eigenvalue weighted by atomic mass is 10.3. The highest BCUT2D eigenvalue weighted by Crippen LogP contribution is 2.18. The van der Waals surface area contributed by atoms with Crippen LogP contribution in [0.25, 0.3) is 0 Å². The number of nitrogens with two attached hydrogens (primary N) is 1. The molecule has 92 valence electrons. The van der Waals surface area contributed by atoms with E-state index in [2.05, 4.69) is 0 Å². The Morgan fingerprint density at radius 1 is 1.24 bits per heavy atom. The first kappa shape index (κ1) is 12.8. The molecule has 17 heavy (non-hydrogen) atoms. The molecular weight excluding hydrogens is 224 g/mol. The zero-order chi connectivity index (χ0) is 12.8. The van der Waals surface area contributed by atoms with Crippen molar-refractivity contribution in [2.45, 2.75) is 13.0 Å². The Bertz CT molecular complexity index is 402. The summed E-state index contributed by atoms with van der Waals surface area (Å²) in [5.74, 6) is 0.595. The molecule has 0 saturated heterocycles. The maximum absolute atomic E-state index is 11.3. The zero-order valence-electron chi connectivity index (χ0n) is 9.60. The topological polar surface area (TPSA) is 90.7 Å². The van der Waals surface area contributed by atoms with Crippen LogP contribution in [0.15, 0.2) is 24.3 Å². The number of methoxy groups -OCH3 is 1. The number of urea groups is 1. The van der Waals surface area contributed by atoms with E-state index >= 15 is 0 Å². The van der Waals surface area contributed by atoms with E-state index < -0.39 is 18.0 Å². The van der Waals surface area contributed by atoms with Gasteiger partial charge in [0.05, 0.1) is 7.11 Å². The van der Waals surface area contributed by atoms with Crippen molar-refractivity contribution in [1.82, 2.24) is 5.32 Å². The van der Waals surface area contributed by atoms with E-state index in [1.165, 1.54) is 6.92 Å². The number of imide groups is 1. The van der Waals surface area contributed by atoms with Gasteiger partial charge in [0.1, 0.15) is 11.5 Å². The predicted octanol–water partition coefficient (Wildman–Crippen LogP) is 0.657. The number of hydrogen-bond donors (Lipinski definition) is 2. The van der Waals surface area contributed by atoms with Gasteiger partial charge in [-0.1, -0.05) is 0 Å². The van der Waals surface area contributed by atoms with Crippen molar-refractivity contribution in [3.8, 4) is 11.5 Å². The number of benzene rings is 1. The van der Waals surface area contributed by atoms with E-state index in [9.17, 15) is 9.59 Å². The summed E-state index contributed by atoms with van der Waals surface area (Å²) in [6.45, 7) is 1.52. The lowest BCUT2D eigenvalue weighted by Gasteiger charge is -2.13. The van der Waals surface area contributed by atoms with Crippen molar-refractivity contribution >= 4 is 11.9 Å². The van der Waals surface area contributed by atoms with Crippen LogP contribution in [0.3, 0.4) is 0 Å². The van der Waals surface area contributed by atoms with Crippen LogP contribution in [0.2, 0.25) is 0 Å². The van der Waals surface area contributed by atoms with E-state index in [1.807, 2.05) is 5.32 Å². The average molecular weight is 238 g/mol. The number of ether oxygens (including phenoxy) is 2. The van der Waals surface area contributed by atoms with E-state index in [-0.39, 0.29) is 0 Å². The summed E-state index contributed by atoms with van der Waals surface area (Å²) < 4.78 is 10.3. The molecule has 1 rings (SSSR count). The van der Waals surface area contributed by atoms with Gasteiger partial charge in [-0.3, -0.25) is 10.1 Å². The lowest BCUT2D eigenvalue weighted by molar-refractivity contribution is -0.126. The van der Waals surface area contributed by atoms with Crippen molar-refractivity contribution in [3.05, 3.63) is 24.3 Å². The number of carbonyl (C=O) groups is 2. The molecule has 0 spiro atoms. The normalized spacial score (nSPS) is 11.4. The number of nitrogens with one attached hydrogen (secondary N) is 1. The lowest BCUT2D eigenvalue weighted by Crippen LogP contribution is -2.42. The van der Waals surface area contributed by atoms with Gasteiger partial charge in [0, 0.05) is 0 Å². The summed E-state index contributed by atoms with van der Waals surface area (Å²) in [5.41, 5.74) is 4.82. The minimum Gasteiger partial charge on any atom is -0.497 e. The smallest absolute Gasteiger partial charge is 0.318 e. The van der Waals surface area contributed by atoms with Crippen LogP contribution in [-0.4, -0.2) is 25.2 Å². The number of amides is 3. The summed E-state index contributed by atoms with van der Waals surface area (Å²) in [5, 5.41) is 1.94. The molecule has 0 aliphatic heterocycles. The second-order valence-corrected chi connectivity index (χ2v) is 3.29. The molecule has 0 radical (unpaired) electrons. The molecule has 0 heterocycles. The third-order valence-corrected chi connectivity index (χ3v) is 1.99. The highest BCUT2D eigenvalue weighted by Gasteiger charge is 2.15. The van der Waals surface area contributed by atoms with Gasteiger partial charge in [0.25, 0.3) is 5.91 Å². The highest BCUT2D eigenvalue weighted by atomic mass is 16.5. The number of hydrogen-bond acceptors (Lipinski definition) is 4. The van der Waals surface area contributed by atoms with Crippen molar-refractivity contribution in [3.63, 3.8) is 0 Å². The van der Waals surface area contributed by atoms with Gasteiger partial charge in [-0.2, -0.15) is 0 Å². The maximum Gasteiger partial charge on any atom is 0.318 e. The standard InChI is InChI=1S/C11H14N2O4/c1-7(10(14)13-11(12)15)17-9-5-3-8(16-2)4-6-9/h3-7H,1-2H3,(H3,12,13,14,15)/t7-/m0/s1. The largest absolute Gasteiger partial charge is 0.497 e. The molecule has 0 aliphatic carbocycles. The minimum atomic E-state index is -0.903. The number of primary amides is 1. The Morgan fingerprint density at radius 2 is 1.76 bits per heavy atom. The van der Waals surface area contributed by atoms with Crippen LogP contribution in [-0.2, 0) is 4.79 Å². The van der Waals surface area contributed by atoms with E-state index in [4.69, 9.17) is 15.2 Å². The van der Waals surface area contributed by atoms with Crippen molar-refractivity contribution in [2.75, 3.05) is 7.11 Å². The Kier molecular flexibility index (Phi) is 4.33. The molecule has 0 unspecified atom stereocenters. The summed E-state index contributed by atoms with van der Waals surface area (Å²) >= 11 is 0. The third-order valence-electron chi connectivity index (χ3n) is 1.99. The van der Waals surface area contributed by atoms with Crippen LogP contribution in [0.5, 0.6) is 11.5 Å². The fourth-order valence-electron chi connectivity index (χ4n) is 1.13. The first-order chi connectivity index (χ1) is 8.02. The molecule has 0 aliphatic rings. The van der Waals surface area contributed by atoms with Crippen LogP contribution >= 0.6 is 0 Å². The second-order valence-electron chi connectivity index (χ2n) is 3.29. The van der Waals surface area contributed by atoms with Gasteiger partial charge >= 0.3 is 6.03 Å². The van der Waals surface area contributed by atoms with Crippen molar-refractivity contribution < 1.29 is 19.1 Å². The minimum absolute atomic E-state index is 0.498. The molecule has 1 aromatic carbocycles. The summed E-state index contributed by atoms with van der Waals surface area (Å²) in [6.07, 6.45) is -0.809. The number of carbonyl (C=O) groups excluding carboxylic acids is 2. The fourth-order valence-corrected chi connectivity index (χ4v) is 1.13. The molecule has 6 nitrogen and oxygen atoms in total.